The first kappa shape index (κ1) is 14.4. The number of hydrogen-bond donors (Lipinski definition) is 0. The number of carboxylic acid groups (broad SMARTS) is 1. The van der Waals surface area contributed by atoms with E-state index in [1.54, 1.807) is 0 Å². The lowest BCUT2D eigenvalue weighted by Gasteiger charge is -2.40. The van der Waals surface area contributed by atoms with Gasteiger partial charge in [0.2, 0.25) is 0 Å². The zero-order chi connectivity index (χ0) is 14.5. The van der Waals surface area contributed by atoms with E-state index in [1.807, 2.05) is 37.3 Å². The van der Waals surface area contributed by atoms with Gasteiger partial charge in [-0.25, -0.2) is 4.79 Å². The number of piperidine rings is 1. The molecule has 1 aliphatic heterocycles. The van der Waals surface area contributed by atoms with Crippen LogP contribution >= 0.6 is 0 Å². The van der Waals surface area contributed by atoms with Crippen LogP contribution in [0.1, 0.15) is 31.7 Å². The fourth-order valence-electron chi connectivity index (χ4n) is 2.52. The normalized spacial score (nSPS) is 22.4. The van der Waals surface area contributed by atoms with Crippen LogP contribution in [-0.2, 0) is 16.1 Å². The molecule has 1 saturated heterocycles. The molecule has 0 saturated carbocycles. The van der Waals surface area contributed by atoms with Crippen molar-refractivity contribution in [2.45, 2.75) is 44.9 Å². The minimum absolute atomic E-state index is 0.142. The van der Waals surface area contributed by atoms with Crippen LogP contribution in [0.15, 0.2) is 30.3 Å². The third-order valence-electron chi connectivity index (χ3n) is 3.60. The maximum atomic E-state index is 12.1. The van der Waals surface area contributed by atoms with Gasteiger partial charge in [-0.2, -0.15) is 0 Å². The fraction of sp³-hybridized carbons (Fsp3) is 0.467. The van der Waals surface area contributed by atoms with E-state index in [2.05, 4.69) is 0 Å². The van der Waals surface area contributed by atoms with Crippen LogP contribution in [0.4, 0.5) is 4.79 Å². The van der Waals surface area contributed by atoms with Gasteiger partial charge in [-0.05, 0) is 31.7 Å². The molecular formula is C15H18NO4-. The van der Waals surface area contributed by atoms with Gasteiger partial charge in [-0.3, -0.25) is 4.90 Å². The van der Waals surface area contributed by atoms with Gasteiger partial charge in [0.15, 0.2) is 0 Å². The highest BCUT2D eigenvalue weighted by Gasteiger charge is 2.33. The summed E-state index contributed by atoms with van der Waals surface area (Å²) >= 11 is 0. The number of carbonyl (C=O) groups excluding carboxylic acids is 2. The molecule has 1 fully saturated rings. The van der Waals surface area contributed by atoms with E-state index < -0.39 is 18.1 Å². The Labute approximate surface area is 118 Å². The van der Waals surface area contributed by atoms with Gasteiger partial charge >= 0.3 is 6.09 Å². The van der Waals surface area contributed by atoms with Gasteiger partial charge in [-0.15, -0.1) is 0 Å². The second-order valence-electron chi connectivity index (χ2n) is 5.06. The Bertz CT molecular complexity index is 474. The first-order valence-corrected chi connectivity index (χ1v) is 6.79. The van der Waals surface area contributed by atoms with E-state index in [0.717, 1.165) is 18.4 Å². The average molecular weight is 276 g/mol. The predicted molar refractivity (Wildman–Crippen MR) is 70.6 cm³/mol. The topological polar surface area (TPSA) is 69.7 Å². The molecule has 0 aliphatic carbocycles. The molecule has 1 amide bonds. The molecule has 0 unspecified atom stereocenters. The molecule has 1 aromatic carbocycles. The molecule has 108 valence electrons. The van der Waals surface area contributed by atoms with Gasteiger partial charge in [0.1, 0.15) is 6.61 Å². The molecule has 0 N–H and O–H groups in total. The maximum absolute atomic E-state index is 12.1. The molecule has 2 atom stereocenters. The lowest BCUT2D eigenvalue weighted by molar-refractivity contribution is -0.312. The van der Waals surface area contributed by atoms with Crippen LogP contribution in [0.2, 0.25) is 0 Å². The molecular weight excluding hydrogens is 258 g/mol. The summed E-state index contributed by atoms with van der Waals surface area (Å²) < 4.78 is 5.21. The third-order valence-corrected chi connectivity index (χ3v) is 3.60. The summed E-state index contributed by atoms with van der Waals surface area (Å²) in [5, 5.41) is 11.1. The van der Waals surface area contributed by atoms with Crippen molar-refractivity contribution in [2.75, 3.05) is 0 Å². The zero-order valence-electron chi connectivity index (χ0n) is 11.5. The molecule has 0 radical (unpaired) electrons. The van der Waals surface area contributed by atoms with Crippen LogP contribution in [0, 0.1) is 0 Å². The summed E-state index contributed by atoms with van der Waals surface area (Å²) in [6.45, 7) is 1.97. The second-order valence-corrected chi connectivity index (χ2v) is 5.06. The monoisotopic (exact) mass is 276 g/mol. The van der Waals surface area contributed by atoms with Gasteiger partial charge in [0, 0.05) is 6.04 Å². The van der Waals surface area contributed by atoms with Crippen molar-refractivity contribution in [1.29, 1.82) is 0 Å². The van der Waals surface area contributed by atoms with Crippen LogP contribution in [-0.4, -0.2) is 29.0 Å². The Morgan fingerprint density at radius 1 is 1.30 bits per heavy atom. The third kappa shape index (κ3) is 3.29. The number of amides is 1. The molecule has 0 bridgehead atoms. The Morgan fingerprint density at radius 2 is 2.00 bits per heavy atom. The van der Waals surface area contributed by atoms with Crippen molar-refractivity contribution in [2.24, 2.45) is 0 Å². The molecule has 1 heterocycles. The SMILES string of the molecule is C[C@@H]1CCC[C@H](C(=O)[O-])N1C(=O)OCc1ccccc1. The maximum Gasteiger partial charge on any atom is 0.410 e. The number of ether oxygens (including phenoxy) is 1. The highest BCUT2D eigenvalue weighted by atomic mass is 16.6. The number of rotatable bonds is 3. The van der Waals surface area contributed by atoms with Crippen molar-refractivity contribution < 1.29 is 19.4 Å². The van der Waals surface area contributed by atoms with Crippen molar-refractivity contribution in [3.63, 3.8) is 0 Å². The number of likely N-dealkylation sites (tertiary alicyclic amines) is 1. The van der Waals surface area contributed by atoms with E-state index in [-0.39, 0.29) is 12.6 Å². The van der Waals surface area contributed by atoms with Gasteiger partial charge in [0.05, 0.1) is 12.0 Å². The number of hydrogen-bond acceptors (Lipinski definition) is 4. The minimum atomic E-state index is -1.21. The van der Waals surface area contributed by atoms with Gasteiger partial charge in [-0.1, -0.05) is 30.3 Å². The average Bonchev–Trinajstić information content (AvgIpc) is 2.45. The molecule has 0 spiro atoms. The number of aliphatic carboxylic acids is 1. The number of nitrogens with zero attached hydrogens (tertiary/aromatic N) is 1. The van der Waals surface area contributed by atoms with Gasteiger partial charge in [0.25, 0.3) is 0 Å². The van der Waals surface area contributed by atoms with E-state index in [9.17, 15) is 14.7 Å². The summed E-state index contributed by atoms with van der Waals surface area (Å²) in [7, 11) is 0. The first-order chi connectivity index (χ1) is 9.59. The lowest BCUT2D eigenvalue weighted by Crippen LogP contribution is -2.56. The van der Waals surface area contributed by atoms with E-state index >= 15 is 0 Å². The fourth-order valence-corrected chi connectivity index (χ4v) is 2.52. The standard InChI is InChI=1S/C15H19NO4/c1-11-6-5-9-13(14(17)18)16(11)15(19)20-10-12-7-3-2-4-8-12/h2-4,7-8,11,13H,5-6,9-10H2,1H3,(H,17,18)/p-1/t11-,13-/m1/s1. The van der Waals surface area contributed by atoms with Gasteiger partial charge < -0.3 is 14.6 Å². The smallest absolute Gasteiger partial charge is 0.410 e. The molecule has 5 nitrogen and oxygen atoms in total. The minimum Gasteiger partial charge on any atom is -0.548 e. The Kier molecular flexibility index (Phi) is 4.61. The summed E-state index contributed by atoms with van der Waals surface area (Å²) in [6, 6.07) is 8.26. The summed E-state index contributed by atoms with van der Waals surface area (Å²) in [5.74, 6) is -1.21. The molecule has 1 aliphatic rings. The van der Waals surface area contributed by atoms with Crippen LogP contribution < -0.4 is 5.11 Å². The summed E-state index contributed by atoms with van der Waals surface area (Å²) in [6.07, 6.45) is 1.40. The largest absolute Gasteiger partial charge is 0.548 e. The van der Waals surface area contributed by atoms with Crippen molar-refractivity contribution >= 4 is 12.1 Å². The highest BCUT2D eigenvalue weighted by Crippen LogP contribution is 2.23. The van der Waals surface area contributed by atoms with E-state index in [1.165, 1.54) is 4.90 Å². The second kappa shape index (κ2) is 6.41. The lowest BCUT2D eigenvalue weighted by atomic mass is 9.97. The summed E-state index contributed by atoms with van der Waals surface area (Å²) in [5.41, 5.74) is 0.871. The summed E-state index contributed by atoms with van der Waals surface area (Å²) in [4.78, 5) is 24.5. The van der Waals surface area contributed by atoms with Crippen LogP contribution in [0.3, 0.4) is 0 Å². The zero-order valence-corrected chi connectivity index (χ0v) is 11.5. The number of carbonyl (C=O) groups is 2. The Hall–Kier alpha value is -2.04. The van der Waals surface area contributed by atoms with Crippen LogP contribution in [0.5, 0.6) is 0 Å². The number of benzene rings is 1. The van der Waals surface area contributed by atoms with Crippen molar-refractivity contribution in [3.05, 3.63) is 35.9 Å². The Morgan fingerprint density at radius 3 is 2.65 bits per heavy atom. The van der Waals surface area contributed by atoms with Crippen molar-refractivity contribution in [1.82, 2.24) is 4.90 Å². The molecule has 1 aromatic rings. The van der Waals surface area contributed by atoms with Crippen LogP contribution in [0.25, 0.3) is 0 Å². The van der Waals surface area contributed by atoms with E-state index in [0.29, 0.717) is 6.42 Å². The molecule has 5 heteroatoms. The van der Waals surface area contributed by atoms with E-state index in [4.69, 9.17) is 4.74 Å². The van der Waals surface area contributed by atoms with Crippen molar-refractivity contribution in [3.8, 4) is 0 Å². The molecule has 20 heavy (non-hydrogen) atoms. The number of carboxylic acids is 1. The Balaban J connectivity index is 2.00. The predicted octanol–water partition coefficient (Wildman–Crippen LogP) is 1.32. The molecule has 0 aromatic heterocycles. The first-order valence-electron chi connectivity index (χ1n) is 6.79. The molecule has 2 rings (SSSR count). The quantitative estimate of drug-likeness (QED) is 0.834. The highest BCUT2D eigenvalue weighted by molar-refractivity contribution is 5.79.